The molecule has 1 aliphatic rings. The molecule has 0 spiro atoms. The first-order valence-electron chi connectivity index (χ1n) is 6.55. The van der Waals surface area contributed by atoms with Crippen molar-refractivity contribution in [1.29, 1.82) is 0 Å². The average molecular weight is 302 g/mol. The maximum atomic E-state index is 5.98. The zero-order valence-corrected chi connectivity index (χ0v) is 12.9. The van der Waals surface area contributed by atoms with Crippen molar-refractivity contribution in [3.8, 4) is 0 Å². The van der Waals surface area contributed by atoms with Gasteiger partial charge in [-0.15, -0.1) is 11.3 Å². The van der Waals surface area contributed by atoms with E-state index in [1.54, 1.807) is 6.20 Å². The lowest BCUT2D eigenvalue weighted by Crippen LogP contribution is -2.41. The van der Waals surface area contributed by atoms with Crippen molar-refractivity contribution >= 4 is 28.9 Å². The van der Waals surface area contributed by atoms with Crippen molar-refractivity contribution in [2.75, 3.05) is 32.7 Å². The molecule has 1 unspecified atom stereocenters. The van der Waals surface area contributed by atoms with E-state index in [0.29, 0.717) is 16.8 Å². The Morgan fingerprint density at radius 2 is 2.26 bits per heavy atom. The Hall–Kier alpha value is -0.850. The molecule has 0 saturated heterocycles. The molecule has 1 aromatic rings. The van der Waals surface area contributed by atoms with Crippen LogP contribution in [0.5, 0.6) is 0 Å². The summed E-state index contributed by atoms with van der Waals surface area (Å²) in [7, 11) is 0. The molecular weight excluding hydrogens is 282 g/mol. The lowest BCUT2D eigenvalue weighted by Gasteiger charge is -2.28. The summed E-state index contributed by atoms with van der Waals surface area (Å²) >= 11 is 7.46. The van der Waals surface area contributed by atoms with Crippen LogP contribution in [-0.4, -0.2) is 53.5 Å². The van der Waals surface area contributed by atoms with Crippen LogP contribution in [0.25, 0.3) is 0 Å². The predicted octanol–water partition coefficient (Wildman–Crippen LogP) is 1.81. The number of halogens is 1. The molecule has 2 rings (SSSR count). The van der Waals surface area contributed by atoms with E-state index in [9.17, 15) is 0 Å². The van der Waals surface area contributed by atoms with Crippen LogP contribution in [0, 0.1) is 0 Å². The molecule has 2 N–H and O–H groups in total. The summed E-state index contributed by atoms with van der Waals surface area (Å²) < 4.78 is 0.712. The standard InChI is InChI=1S/C12H20ClN5S/c1-3-17(4-2)5-6-18-9(7-16-12(18)14)11-15-8-10(13)19-11/h8-9H,3-7H2,1-2H3,(H2,14,16). The smallest absolute Gasteiger partial charge is 0.192 e. The zero-order valence-electron chi connectivity index (χ0n) is 11.3. The van der Waals surface area contributed by atoms with E-state index in [0.717, 1.165) is 31.2 Å². The summed E-state index contributed by atoms with van der Waals surface area (Å²) in [5, 5.41) is 0.994. The summed E-state index contributed by atoms with van der Waals surface area (Å²) in [5.74, 6) is 0.614. The molecule has 1 aromatic heterocycles. The second kappa shape index (κ2) is 6.54. The normalized spacial score (nSPS) is 19.3. The highest BCUT2D eigenvalue weighted by molar-refractivity contribution is 7.15. The molecule has 5 nitrogen and oxygen atoms in total. The molecule has 0 bridgehead atoms. The van der Waals surface area contributed by atoms with E-state index < -0.39 is 0 Å². The third-order valence-corrected chi connectivity index (χ3v) is 4.64. The van der Waals surface area contributed by atoms with Gasteiger partial charge in [-0.2, -0.15) is 0 Å². The van der Waals surface area contributed by atoms with Crippen molar-refractivity contribution in [3.63, 3.8) is 0 Å². The first-order chi connectivity index (χ1) is 9.15. The lowest BCUT2D eigenvalue weighted by atomic mass is 10.3. The Morgan fingerprint density at radius 3 is 2.84 bits per heavy atom. The second-order valence-electron chi connectivity index (χ2n) is 4.44. The Balaban J connectivity index is 2.01. The molecule has 0 aliphatic carbocycles. The topological polar surface area (TPSA) is 57.8 Å². The summed E-state index contributed by atoms with van der Waals surface area (Å²) in [6.45, 7) is 8.97. The van der Waals surface area contributed by atoms with Gasteiger partial charge in [-0.1, -0.05) is 25.4 Å². The number of rotatable bonds is 6. The number of thiazole rings is 1. The largest absolute Gasteiger partial charge is 0.370 e. The highest BCUT2D eigenvalue weighted by Crippen LogP contribution is 2.30. The fraction of sp³-hybridized carbons (Fsp3) is 0.667. The minimum atomic E-state index is 0.146. The van der Waals surface area contributed by atoms with Gasteiger partial charge in [0.2, 0.25) is 0 Å². The van der Waals surface area contributed by atoms with Gasteiger partial charge in [0.05, 0.1) is 12.7 Å². The van der Waals surface area contributed by atoms with Crippen LogP contribution in [0.2, 0.25) is 4.34 Å². The quantitative estimate of drug-likeness (QED) is 0.870. The number of hydrogen-bond acceptors (Lipinski definition) is 6. The molecular formula is C12H20ClN5S. The van der Waals surface area contributed by atoms with Crippen molar-refractivity contribution in [3.05, 3.63) is 15.5 Å². The van der Waals surface area contributed by atoms with Crippen molar-refractivity contribution in [2.45, 2.75) is 19.9 Å². The minimum absolute atomic E-state index is 0.146. The molecule has 106 valence electrons. The van der Waals surface area contributed by atoms with Crippen LogP contribution in [0.15, 0.2) is 11.2 Å². The van der Waals surface area contributed by atoms with Gasteiger partial charge in [0.15, 0.2) is 5.96 Å². The molecule has 0 aromatic carbocycles. The first kappa shape index (κ1) is 14.6. The summed E-state index contributed by atoms with van der Waals surface area (Å²) in [6, 6.07) is 0.146. The van der Waals surface area contributed by atoms with Crippen LogP contribution < -0.4 is 5.73 Å². The number of aromatic nitrogens is 1. The number of guanidine groups is 1. The Bertz CT molecular complexity index is 443. The number of nitrogens with zero attached hydrogens (tertiary/aromatic N) is 4. The van der Waals surface area contributed by atoms with Gasteiger partial charge in [0.25, 0.3) is 0 Å². The maximum Gasteiger partial charge on any atom is 0.192 e. The Labute approximate surface area is 123 Å². The number of nitrogens with two attached hydrogens (primary N) is 1. The van der Waals surface area contributed by atoms with Gasteiger partial charge in [-0.3, -0.25) is 4.99 Å². The van der Waals surface area contributed by atoms with Crippen LogP contribution >= 0.6 is 22.9 Å². The van der Waals surface area contributed by atoms with Crippen LogP contribution in [0.1, 0.15) is 24.9 Å². The molecule has 7 heteroatoms. The molecule has 19 heavy (non-hydrogen) atoms. The number of aliphatic imine (C=N–C) groups is 1. The van der Waals surface area contributed by atoms with Crippen molar-refractivity contribution in [2.24, 2.45) is 10.7 Å². The van der Waals surface area contributed by atoms with Gasteiger partial charge < -0.3 is 15.5 Å². The second-order valence-corrected chi connectivity index (χ2v) is 6.13. The maximum absolute atomic E-state index is 5.98. The van der Waals surface area contributed by atoms with E-state index in [-0.39, 0.29) is 6.04 Å². The van der Waals surface area contributed by atoms with E-state index in [1.807, 2.05) is 0 Å². The molecule has 1 aliphatic heterocycles. The fourth-order valence-electron chi connectivity index (χ4n) is 2.22. The van der Waals surface area contributed by atoms with Gasteiger partial charge >= 0.3 is 0 Å². The van der Waals surface area contributed by atoms with Crippen molar-refractivity contribution in [1.82, 2.24) is 14.8 Å². The van der Waals surface area contributed by atoms with Crippen LogP contribution in [0.3, 0.4) is 0 Å². The van der Waals surface area contributed by atoms with Crippen LogP contribution in [-0.2, 0) is 0 Å². The molecule has 1 atom stereocenters. The summed E-state index contributed by atoms with van der Waals surface area (Å²) in [4.78, 5) is 13.2. The Kier molecular flexibility index (Phi) is 5.01. The highest BCUT2D eigenvalue weighted by atomic mass is 35.5. The van der Waals surface area contributed by atoms with Gasteiger partial charge in [0.1, 0.15) is 15.4 Å². The fourth-order valence-corrected chi connectivity index (χ4v) is 3.26. The molecule has 0 radical (unpaired) electrons. The average Bonchev–Trinajstić information content (AvgIpc) is 2.98. The molecule has 0 fully saturated rings. The van der Waals surface area contributed by atoms with E-state index in [2.05, 4.69) is 33.6 Å². The van der Waals surface area contributed by atoms with Gasteiger partial charge in [-0.25, -0.2) is 4.98 Å². The van der Waals surface area contributed by atoms with E-state index >= 15 is 0 Å². The molecule has 0 amide bonds. The van der Waals surface area contributed by atoms with Gasteiger partial charge in [0, 0.05) is 13.1 Å². The Morgan fingerprint density at radius 1 is 1.53 bits per heavy atom. The minimum Gasteiger partial charge on any atom is -0.370 e. The van der Waals surface area contributed by atoms with Gasteiger partial charge in [-0.05, 0) is 13.1 Å². The molecule has 2 heterocycles. The number of likely N-dealkylation sites (N-methyl/N-ethyl adjacent to an activating group) is 1. The predicted molar refractivity (Wildman–Crippen MR) is 80.8 cm³/mol. The third-order valence-electron chi connectivity index (χ3n) is 3.43. The molecule has 0 saturated carbocycles. The van der Waals surface area contributed by atoms with Crippen molar-refractivity contribution < 1.29 is 0 Å². The number of hydrogen-bond donors (Lipinski definition) is 1. The van der Waals surface area contributed by atoms with E-state index in [4.69, 9.17) is 17.3 Å². The summed E-state index contributed by atoms with van der Waals surface area (Å²) in [6.07, 6.45) is 1.69. The SMILES string of the molecule is CCN(CC)CCN1C(N)=NCC1c1ncc(Cl)s1. The van der Waals surface area contributed by atoms with Crippen LogP contribution in [0.4, 0.5) is 0 Å². The lowest BCUT2D eigenvalue weighted by molar-refractivity contribution is 0.248. The highest BCUT2D eigenvalue weighted by Gasteiger charge is 2.29. The summed E-state index contributed by atoms with van der Waals surface area (Å²) in [5.41, 5.74) is 5.98. The first-order valence-corrected chi connectivity index (χ1v) is 7.75. The monoisotopic (exact) mass is 301 g/mol. The third kappa shape index (κ3) is 3.38. The van der Waals surface area contributed by atoms with E-state index in [1.165, 1.54) is 11.3 Å². The zero-order chi connectivity index (χ0) is 13.8.